The van der Waals surface area contributed by atoms with E-state index in [4.69, 9.17) is 0 Å². The molecule has 0 fully saturated rings. The molecule has 0 unspecified atom stereocenters. The molecule has 0 bridgehead atoms. The largest absolute Gasteiger partial charge is 0.416 e. The molecule has 0 heterocycles. The van der Waals surface area contributed by atoms with Gasteiger partial charge in [0.25, 0.3) is 0 Å². The van der Waals surface area contributed by atoms with Gasteiger partial charge in [-0.15, -0.1) is 0 Å². The van der Waals surface area contributed by atoms with Gasteiger partial charge in [-0.25, -0.2) is 0 Å². The fourth-order valence-electron chi connectivity index (χ4n) is 1.61. The van der Waals surface area contributed by atoms with Gasteiger partial charge >= 0.3 is 6.18 Å². The summed E-state index contributed by atoms with van der Waals surface area (Å²) in [4.78, 5) is 25.0. The van der Waals surface area contributed by atoms with Crippen molar-refractivity contribution in [2.75, 3.05) is 32.5 Å². The van der Waals surface area contributed by atoms with Gasteiger partial charge < -0.3 is 15.5 Å². The first-order valence-corrected chi connectivity index (χ1v) is 6.57. The minimum Gasteiger partial charge on any atom is -0.354 e. The maximum absolute atomic E-state index is 12.5. The summed E-state index contributed by atoms with van der Waals surface area (Å²) in [6.07, 6.45) is -4.92. The molecule has 8 heteroatoms. The van der Waals surface area contributed by atoms with Crippen LogP contribution in [0.15, 0.2) is 24.3 Å². The minimum absolute atomic E-state index is 0.000849. The smallest absolute Gasteiger partial charge is 0.354 e. The second kappa shape index (κ2) is 7.79. The molecule has 2 N–H and O–H groups in total. The summed E-state index contributed by atoms with van der Waals surface area (Å²) < 4.78 is 37.6. The van der Waals surface area contributed by atoms with E-state index >= 15 is 0 Å². The van der Waals surface area contributed by atoms with E-state index in [-0.39, 0.29) is 5.69 Å². The molecule has 0 aliphatic carbocycles. The lowest BCUT2D eigenvalue weighted by Crippen LogP contribution is -2.33. The molecule has 0 aliphatic heterocycles. The molecule has 2 amide bonds. The fraction of sp³-hybridized carbons (Fsp3) is 0.429. The number of hydrogen-bond acceptors (Lipinski definition) is 3. The Kier molecular flexibility index (Phi) is 6.36. The van der Waals surface area contributed by atoms with E-state index in [1.54, 1.807) is 0 Å². The van der Waals surface area contributed by atoms with Gasteiger partial charge in [-0.1, -0.05) is 6.07 Å². The number of carbonyl (C=O) groups excluding carboxylic acids is 2. The van der Waals surface area contributed by atoms with Crippen molar-refractivity contribution in [3.8, 4) is 0 Å². The van der Waals surface area contributed by atoms with Crippen molar-refractivity contribution in [1.82, 2.24) is 10.2 Å². The van der Waals surface area contributed by atoms with Gasteiger partial charge in [-0.05, 0) is 32.3 Å². The Balaban J connectivity index is 2.50. The summed E-state index contributed by atoms with van der Waals surface area (Å²) in [5.74, 6) is -1.15. The number of anilines is 1. The van der Waals surface area contributed by atoms with Crippen molar-refractivity contribution in [1.29, 1.82) is 0 Å². The average Bonchev–Trinajstić information content (AvgIpc) is 2.37. The van der Waals surface area contributed by atoms with E-state index in [9.17, 15) is 22.8 Å². The van der Waals surface area contributed by atoms with Crippen LogP contribution in [0.3, 0.4) is 0 Å². The van der Waals surface area contributed by atoms with Gasteiger partial charge in [-0.2, -0.15) is 13.2 Å². The van der Waals surface area contributed by atoms with E-state index in [1.807, 2.05) is 19.0 Å². The van der Waals surface area contributed by atoms with Crippen molar-refractivity contribution in [2.45, 2.75) is 12.6 Å². The third kappa shape index (κ3) is 6.57. The molecule has 1 rings (SSSR count). The number of benzene rings is 1. The first-order valence-electron chi connectivity index (χ1n) is 6.57. The van der Waals surface area contributed by atoms with E-state index < -0.39 is 30.0 Å². The Hall–Kier alpha value is -2.09. The van der Waals surface area contributed by atoms with Crippen LogP contribution >= 0.6 is 0 Å². The molecule has 122 valence electrons. The molecule has 1 aromatic carbocycles. The Morgan fingerprint density at radius 1 is 1.18 bits per heavy atom. The molecule has 0 atom stereocenters. The summed E-state index contributed by atoms with van der Waals surface area (Å²) in [5.41, 5.74) is -0.860. The Morgan fingerprint density at radius 3 is 2.45 bits per heavy atom. The molecular weight excluding hydrogens is 299 g/mol. The van der Waals surface area contributed by atoms with Crippen molar-refractivity contribution in [3.63, 3.8) is 0 Å². The standard InChI is InChI=1S/C14H18F3N3O2/c1-20(2)7-6-18-12(21)9-13(22)19-11-5-3-4-10(8-11)14(15,16)17/h3-5,8H,6-7,9H2,1-2H3,(H,18,21)(H,19,22). The van der Waals surface area contributed by atoms with Gasteiger partial charge in [0.1, 0.15) is 6.42 Å². The summed E-state index contributed by atoms with van der Waals surface area (Å²) in [7, 11) is 3.68. The summed E-state index contributed by atoms with van der Waals surface area (Å²) >= 11 is 0. The number of amides is 2. The number of likely N-dealkylation sites (N-methyl/N-ethyl adjacent to an activating group) is 1. The van der Waals surface area contributed by atoms with Crippen molar-refractivity contribution < 1.29 is 22.8 Å². The second-order valence-electron chi connectivity index (χ2n) is 4.96. The maximum Gasteiger partial charge on any atom is 0.416 e. The predicted molar refractivity (Wildman–Crippen MR) is 76.3 cm³/mol. The van der Waals surface area contributed by atoms with Crippen LogP contribution in [-0.4, -0.2) is 43.9 Å². The molecule has 0 radical (unpaired) electrons. The molecule has 0 saturated heterocycles. The second-order valence-corrected chi connectivity index (χ2v) is 4.96. The lowest BCUT2D eigenvalue weighted by Gasteiger charge is -2.11. The first kappa shape index (κ1) is 18.0. The highest BCUT2D eigenvalue weighted by atomic mass is 19.4. The maximum atomic E-state index is 12.5. The highest BCUT2D eigenvalue weighted by Gasteiger charge is 2.30. The zero-order valence-electron chi connectivity index (χ0n) is 12.3. The third-order valence-electron chi connectivity index (χ3n) is 2.68. The molecule has 0 aromatic heterocycles. The van der Waals surface area contributed by atoms with E-state index in [0.717, 1.165) is 12.1 Å². The summed E-state index contributed by atoms with van der Waals surface area (Å²) in [5, 5.41) is 4.82. The average molecular weight is 317 g/mol. The van der Waals surface area contributed by atoms with Crippen LogP contribution in [0.4, 0.5) is 18.9 Å². The van der Waals surface area contributed by atoms with Crippen LogP contribution in [0.25, 0.3) is 0 Å². The zero-order chi connectivity index (χ0) is 16.8. The molecule has 0 saturated carbocycles. The highest BCUT2D eigenvalue weighted by Crippen LogP contribution is 2.30. The van der Waals surface area contributed by atoms with Gasteiger partial charge in [0.15, 0.2) is 0 Å². The number of halogens is 3. The number of hydrogen-bond donors (Lipinski definition) is 2. The van der Waals surface area contributed by atoms with Crippen LogP contribution in [0.2, 0.25) is 0 Å². The topological polar surface area (TPSA) is 61.4 Å². The van der Waals surface area contributed by atoms with E-state index in [2.05, 4.69) is 10.6 Å². The fourth-order valence-corrected chi connectivity index (χ4v) is 1.61. The predicted octanol–water partition coefficient (Wildman–Crippen LogP) is 1.71. The molecule has 22 heavy (non-hydrogen) atoms. The van der Waals surface area contributed by atoms with Gasteiger partial charge in [-0.3, -0.25) is 9.59 Å². The van der Waals surface area contributed by atoms with E-state index in [0.29, 0.717) is 13.1 Å². The number of carbonyl (C=O) groups is 2. The SMILES string of the molecule is CN(C)CCNC(=O)CC(=O)Nc1cccc(C(F)(F)F)c1. The van der Waals surface area contributed by atoms with Crippen molar-refractivity contribution in [3.05, 3.63) is 29.8 Å². The van der Waals surface area contributed by atoms with Crippen LogP contribution in [0, 0.1) is 0 Å². The Bertz CT molecular complexity index is 530. The number of alkyl halides is 3. The van der Waals surface area contributed by atoms with Gasteiger partial charge in [0, 0.05) is 18.8 Å². The Labute approximate surface area is 126 Å². The molecular formula is C14H18F3N3O2. The van der Waals surface area contributed by atoms with Crippen molar-refractivity contribution >= 4 is 17.5 Å². The zero-order valence-corrected chi connectivity index (χ0v) is 12.3. The van der Waals surface area contributed by atoms with Crippen LogP contribution in [0.1, 0.15) is 12.0 Å². The summed E-state index contributed by atoms with van der Waals surface area (Å²) in [6.45, 7) is 1.02. The van der Waals surface area contributed by atoms with E-state index in [1.165, 1.54) is 12.1 Å². The molecule has 5 nitrogen and oxygen atoms in total. The monoisotopic (exact) mass is 317 g/mol. The van der Waals surface area contributed by atoms with Gasteiger partial charge in [0.05, 0.1) is 5.56 Å². The lowest BCUT2D eigenvalue weighted by molar-refractivity contribution is -0.137. The first-order chi connectivity index (χ1) is 10.2. The lowest BCUT2D eigenvalue weighted by atomic mass is 10.2. The molecule has 0 spiro atoms. The van der Waals surface area contributed by atoms with Gasteiger partial charge in [0.2, 0.25) is 11.8 Å². The molecule has 0 aliphatic rings. The number of nitrogens with zero attached hydrogens (tertiary/aromatic N) is 1. The van der Waals surface area contributed by atoms with Crippen molar-refractivity contribution in [2.24, 2.45) is 0 Å². The third-order valence-corrected chi connectivity index (χ3v) is 2.68. The minimum atomic E-state index is -4.48. The Morgan fingerprint density at radius 2 is 1.86 bits per heavy atom. The number of nitrogens with one attached hydrogen (secondary N) is 2. The molecule has 1 aromatic rings. The van der Waals surface area contributed by atoms with Crippen LogP contribution in [-0.2, 0) is 15.8 Å². The normalized spacial score (nSPS) is 11.4. The van der Waals surface area contributed by atoms with Crippen LogP contribution < -0.4 is 10.6 Å². The quantitative estimate of drug-likeness (QED) is 0.785. The highest BCUT2D eigenvalue weighted by molar-refractivity contribution is 6.03. The summed E-state index contributed by atoms with van der Waals surface area (Å²) in [6, 6.07) is 4.25. The van der Waals surface area contributed by atoms with Crippen LogP contribution in [0.5, 0.6) is 0 Å². The number of rotatable bonds is 6.